The summed E-state index contributed by atoms with van der Waals surface area (Å²) in [7, 11) is 3.63. The first-order chi connectivity index (χ1) is 33.5. The summed E-state index contributed by atoms with van der Waals surface area (Å²) in [5, 5.41) is 20.5. The number of nitrogens with one attached hydrogen (secondary N) is 2. The van der Waals surface area contributed by atoms with Crippen molar-refractivity contribution in [3.8, 4) is 0 Å². The predicted octanol–water partition coefficient (Wildman–Crippen LogP) is 8.51. The second kappa shape index (κ2) is 26.2. The summed E-state index contributed by atoms with van der Waals surface area (Å²) < 4.78 is 12.5. The standard InChI is InChI=1S/C18H15NO3.C17H14N2O3.C11H9NO3.C7H7Br.CH4O/c1-22-18(21)15-8-7-14-9-10-19(17(20)16(14)11-15)12-13-5-3-2-4-6-13;20-16(18-22)14-7-6-13-8-9-19(17(21)15(13)10-14)11-12-4-2-1-3-5-12;1-15-11(14)8-3-2-7-4-5-12-10(13)9(7)6-8;8-6-7-4-2-1-3-5-7;1-2/h2-11H,12H2,1H3;1-10,22H,11H2,(H,18,20);2-6H,1H3,(H,12,13);1-5H,6H2;2H,1H3. The van der Waals surface area contributed by atoms with Crippen molar-refractivity contribution >= 4 is 66.1 Å². The molecule has 0 aliphatic rings. The van der Waals surface area contributed by atoms with Crippen LogP contribution in [0.25, 0.3) is 32.3 Å². The summed E-state index contributed by atoms with van der Waals surface area (Å²) in [5.74, 6) is -1.53. The van der Waals surface area contributed by atoms with Crippen molar-refractivity contribution in [2.75, 3.05) is 21.3 Å². The Morgan fingerprint density at radius 1 is 0.536 bits per heavy atom. The number of rotatable bonds is 8. The van der Waals surface area contributed by atoms with Crippen LogP contribution in [0.2, 0.25) is 0 Å². The minimum atomic E-state index is -0.639. The molecule has 0 spiro atoms. The molecule has 6 aromatic carbocycles. The SMILES string of the molecule is BrCc1ccccc1.CO.COC(=O)c1ccc2cc[nH]c(=O)c2c1.COC(=O)c1ccc2ccn(Cc3ccccc3)c(=O)c2c1.O=C(NO)c1ccc2ccn(Cc3ccccc3)c(=O)c2c1. The highest BCUT2D eigenvalue weighted by Crippen LogP contribution is 2.16. The quantitative estimate of drug-likeness (QED) is 0.0496. The van der Waals surface area contributed by atoms with Crippen molar-refractivity contribution in [1.82, 2.24) is 19.6 Å². The molecular weight excluding hydrogens is 945 g/mol. The van der Waals surface area contributed by atoms with Gasteiger partial charge in [-0.05, 0) is 87.4 Å². The van der Waals surface area contributed by atoms with E-state index >= 15 is 0 Å². The Hall–Kier alpha value is -8.24. The molecule has 3 aromatic heterocycles. The van der Waals surface area contributed by atoms with Gasteiger partial charge in [-0.25, -0.2) is 15.1 Å². The van der Waals surface area contributed by atoms with Gasteiger partial charge in [0.15, 0.2) is 0 Å². The van der Waals surface area contributed by atoms with Crippen LogP contribution in [0, 0.1) is 0 Å². The average molecular weight is 994 g/mol. The summed E-state index contributed by atoms with van der Waals surface area (Å²) in [5.41, 5.74) is 5.46. The number of hydroxylamine groups is 1. The minimum absolute atomic E-state index is 0.118. The van der Waals surface area contributed by atoms with Crippen LogP contribution in [0.3, 0.4) is 0 Å². The van der Waals surface area contributed by atoms with Crippen LogP contribution >= 0.6 is 15.9 Å². The Morgan fingerprint density at radius 3 is 1.33 bits per heavy atom. The first-order valence-electron chi connectivity index (χ1n) is 21.1. The molecule has 9 rings (SSSR count). The number of hydrogen-bond acceptors (Lipinski definition) is 10. The Bertz CT molecular complexity index is 3170. The molecule has 0 aliphatic heterocycles. The summed E-state index contributed by atoms with van der Waals surface area (Å²) in [6.45, 7) is 0.962. The van der Waals surface area contributed by atoms with Crippen molar-refractivity contribution in [2.45, 2.75) is 18.4 Å². The van der Waals surface area contributed by atoms with Crippen molar-refractivity contribution < 1.29 is 34.2 Å². The van der Waals surface area contributed by atoms with Crippen molar-refractivity contribution in [3.63, 3.8) is 0 Å². The number of ether oxygens (including phenoxy) is 2. The molecule has 69 heavy (non-hydrogen) atoms. The van der Waals surface area contributed by atoms with E-state index in [2.05, 4.69) is 37.8 Å². The van der Waals surface area contributed by atoms with Crippen molar-refractivity contribution in [1.29, 1.82) is 0 Å². The molecule has 0 bridgehead atoms. The fraction of sp³-hybridized carbons (Fsp3) is 0.111. The Balaban J connectivity index is 0.000000178. The molecule has 0 atom stereocenters. The maximum absolute atomic E-state index is 12.6. The number of methoxy groups -OCH3 is 2. The fourth-order valence-corrected chi connectivity index (χ4v) is 7.19. The first kappa shape index (κ1) is 51.7. The molecule has 0 aliphatic carbocycles. The maximum atomic E-state index is 12.6. The van der Waals surface area contributed by atoms with Crippen molar-refractivity contribution in [3.05, 3.63) is 247 Å². The van der Waals surface area contributed by atoms with Crippen LogP contribution in [0.5, 0.6) is 0 Å². The Kier molecular flexibility index (Phi) is 19.6. The first-order valence-corrected chi connectivity index (χ1v) is 22.3. The number of alkyl halides is 1. The number of hydrogen-bond donors (Lipinski definition) is 4. The number of carbonyl (C=O) groups excluding carboxylic acids is 3. The van der Waals surface area contributed by atoms with E-state index < -0.39 is 17.8 Å². The van der Waals surface area contributed by atoms with Crippen LogP contribution in [-0.2, 0) is 27.9 Å². The van der Waals surface area contributed by atoms with Gasteiger partial charge in [0.1, 0.15) is 0 Å². The molecule has 0 saturated heterocycles. The highest BCUT2D eigenvalue weighted by atomic mass is 79.9. The zero-order chi connectivity index (χ0) is 49.7. The van der Waals surface area contributed by atoms with E-state index in [1.54, 1.807) is 81.7 Å². The summed E-state index contributed by atoms with van der Waals surface area (Å²) in [6, 6.07) is 49.8. The van der Waals surface area contributed by atoms with Crippen LogP contribution in [0.15, 0.2) is 197 Å². The topological polar surface area (TPSA) is 199 Å². The molecule has 4 N–H and O–H groups in total. The predicted molar refractivity (Wildman–Crippen MR) is 271 cm³/mol. The number of H-pyrrole nitrogens is 1. The van der Waals surface area contributed by atoms with Crippen LogP contribution in [-0.4, -0.2) is 63.6 Å². The number of esters is 2. The average Bonchev–Trinajstić information content (AvgIpc) is 3.41. The lowest BCUT2D eigenvalue weighted by Crippen LogP contribution is -2.22. The molecule has 0 radical (unpaired) electrons. The number of aliphatic hydroxyl groups is 1. The summed E-state index contributed by atoms with van der Waals surface area (Å²) in [6.07, 6.45) is 5.08. The number of pyridine rings is 3. The zero-order valence-corrected chi connectivity index (χ0v) is 39.5. The Labute approximate surface area is 404 Å². The van der Waals surface area contributed by atoms with Crippen molar-refractivity contribution in [2.24, 2.45) is 0 Å². The van der Waals surface area contributed by atoms with E-state index in [9.17, 15) is 28.8 Å². The molecule has 0 fully saturated rings. The maximum Gasteiger partial charge on any atom is 0.337 e. The van der Waals surface area contributed by atoms with Gasteiger partial charge in [-0.3, -0.25) is 24.4 Å². The smallest absolute Gasteiger partial charge is 0.337 e. The van der Waals surface area contributed by atoms with E-state index in [-0.39, 0.29) is 22.2 Å². The molecule has 15 heteroatoms. The van der Waals surface area contributed by atoms with Crippen LogP contribution in [0.1, 0.15) is 47.8 Å². The van der Waals surface area contributed by atoms with Gasteiger partial charge in [-0.2, -0.15) is 0 Å². The number of aromatic amines is 1. The minimum Gasteiger partial charge on any atom is -0.465 e. The van der Waals surface area contributed by atoms with Gasteiger partial charge in [0.05, 0.1) is 38.4 Å². The van der Waals surface area contributed by atoms with Gasteiger partial charge in [0.2, 0.25) is 0 Å². The lowest BCUT2D eigenvalue weighted by atomic mass is 10.1. The molecule has 14 nitrogen and oxygen atoms in total. The molecule has 3 heterocycles. The normalized spacial score (nSPS) is 10.1. The molecule has 9 aromatic rings. The van der Waals surface area contributed by atoms with E-state index in [4.69, 9.17) is 15.1 Å². The number of fused-ring (bicyclic) bond motifs is 3. The number of aliphatic hydroxyl groups excluding tert-OH is 1. The second-order valence-corrected chi connectivity index (χ2v) is 15.3. The molecule has 352 valence electrons. The largest absolute Gasteiger partial charge is 0.465 e. The highest BCUT2D eigenvalue weighted by Gasteiger charge is 2.11. The number of amides is 1. The van der Waals surface area contributed by atoms with Crippen LogP contribution < -0.4 is 22.2 Å². The van der Waals surface area contributed by atoms with E-state index in [0.717, 1.165) is 39.7 Å². The second-order valence-electron chi connectivity index (χ2n) is 14.7. The molecular formula is C54H49BrN4O10. The number of aromatic nitrogens is 3. The molecule has 0 saturated carbocycles. The van der Waals surface area contributed by atoms with Crippen LogP contribution in [0.4, 0.5) is 0 Å². The third-order valence-corrected chi connectivity index (χ3v) is 11.0. The number of nitrogens with zero attached hydrogens (tertiary/aromatic N) is 2. The van der Waals surface area contributed by atoms with Gasteiger partial charge >= 0.3 is 11.9 Å². The number of halogens is 1. The lowest BCUT2D eigenvalue weighted by molar-refractivity contribution is 0.0592. The van der Waals surface area contributed by atoms with Gasteiger partial charge in [-0.15, -0.1) is 0 Å². The molecule has 1 amide bonds. The van der Waals surface area contributed by atoms with Gasteiger partial charge < -0.3 is 28.7 Å². The summed E-state index contributed by atoms with van der Waals surface area (Å²) >= 11 is 3.36. The van der Waals surface area contributed by atoms with Gasteiger partial charge in [0, 0.05) is 52.8 Å². The van der Waals surface area contributed by atoms with E-state index in [1.165, 1.54) is 31.9 Å². The number of benzene rings is 6. The fourth-order valence-electron chi connectivity index (χ4n) is 6.81. The molecule has 0 unspecified atom stereocenters. The monoisotopic (exact) mass is 992 g/mol. The highest BCUT2D eigenvalue weighted by molar-refractivity contribution is 9.08. The van der Waals surface area contributed by atoms with E-state index in [0.29, 0.717) is 40.4 Å². The number of carbonyl (C=O) groups is 3. The van der Waals surface area contributed by atoms with Gasteiger partial charge in [-0.1, -0.05) is 125 Å². The third kappa shape index (κ3) is 14.1. The zero-order valence-electron chi connectivity index (χ0n) is 37.9. The third-order valence-electron chi connectivity index (χ3n) is 10.3. The summed E-state index contributed by atoms with van der Waals surface area (Å²) in [4.78, 5) is 73.5. The Morgan fingerprint density at radius 2 is 0.928 bits per heavy atom. The van der Waals surface area contributed by atoms with E-state index in [1.807, 2.05) is 91.0 Å². The van der Waals surface area contributed by atoms with Gasteiger partial charge in [0.25, 0.3) is 22.6 Å². The lowest BCUT2D eigenvalue weighted by Gasteiger charge is -2.08.